The van der Waals surface area contributed by atoms with Crippen molar-refractivity contribution in [3.63, 3.8) is 0 Å². The van der Waals surface area contributed by atoms with Crippen LogP contribution in [0, 0.1) is 0 Å². The van der Waals surface area contributed by atoms with E-state index >= 15 is 0 Å². The van der Waals surface area contributed by atoms with E-state index in [1.54, 1.807) is 12.1 Å². The van der Waals surface area contributed by atoms with E-state index in [-0.39, 0.29) is 18.1 Å². The molecule has 0 radical (unpaired) electrons. The second-order valence-electron chi connectivity index (χ2n) is 6.96. The highest BCUT2D eigenvalue weighted by atomic mass is 32.1. The second-order valence-corrected chi connectivity index (χ2v) is 7.82. The van der Waals surface area contributed by atoms with E-state index in [9.17, 15) is 4.79 Å². The van der Waals surface area contributed by atoms with Gasteiger partial charge in [0.1, 0.15) is 0 Å². The minimum Gasteiger partial charge on any atom is -0.493 e. The Kier molecular flexibility index (Phi) is 6.94. The van der Waals surface area contributed by atoms with Crippen LogP contribution in [0.25, 0.3) is 0 Å². The van der Waals surface area contributed by atoms with Gasteiger partial charge in [0.15, 0.2) is 16.6 Å². The first kappa shape index (κ1) is 21.4. The van der Waals surface area contributed by atoms with Crippen LogP contribution in [0.5, 0.6) is 17.2 Å². The van der Waals surface area contributed by atoms with Crippen molar-refractivity contribution in [3.8, 4) is 17.2 Å². The molecule has 2 unspecified atom stereocenters. The number of carbonyl (C=O) groups is 1. The Morgan fingerprint density at radius 2 is 1.79 bits per heavy atom. The number of hydrogen-bond acceptors (Lipinski definition) is 8. The van der Waals surface area contributed by atoms with E-state index in [1.165, 1.54) is 32.7 Å². The zero-order valence-corrected chi connectivity index (χ0v) is 18.2. The van der Waals surface area contributed by atoms with Gasteiger partial charge in [-0.15, -0.1) is 11.3 Å². The van der Waals surface area contributed by atoms with Gasteiger partial charge in [-0.1, -0.05) is 0 Å². The minimum absolute atomic E-state index is 0.205. The highest BCUT2D eigenvalue weighted by molar-refractivity contribution is 7.14. The van der Waals surface area contributed by atoms with Crippen LogP contribution >= 0.6 is 11.3 Å². The third-order valence-corrected chi connectivity index (χ3v) is 5.39. The Bertz CT molecular complexity index is 821. The number of anilines is 1. The highest BCUT2D eigenvalue weighted by Gasteiger charge is 2.23. The highest BCUT2D eigenvalue weighted by Crippen LogP contribution is 2.38. The normalized spacial score (nSPS) is 19.6. The molecule has 2 heterocycles. The minimum atomic E-state index is -0.293. The zero-order chi connectivity index (χ0) is 21.0. The first-order valence-corrected chi connectivity index (χ1v) is 10.2. The van der Waals surface area contributed by atoms with Crippen LogP contribution in [0.1, 0.15) is 29.9 Å². The molecule has 1 amide bonds. The fraction of sp³-hybridized carbons (Fsp3) is 0.500. The summed E-state index contributed by atoms with van der Waals surface area (Å²) in [6.45, 7) is 6.62. The maximum Gasteiger partial charge on any atom is 0.257 e. The van der Waals surface area contributed by atoms with Gasteiger partial charge in [-0.25, -0.2) is 4.98 Å². The fourth-order valence-corrected chi connectivity index (χ4v) is 4.16. The number of nitrogens with one attached hydrogen (secondary N) is 1. The molecule has 1 aromatic heterocycles. The van der Waals surface area contributed by atoms with Gasteiger partial charge in [-0.3, -0.25) is 15.0 Å². The number of amides is 1. The van der Waals surface area contributed by atoms with E-state index < -0.39 is 0 Å². The molecule has 0 spiro atoms. The van der Waals surface area contributed by atoms with Gasteiger partial charge in [0.2, 0.25) is 5.75 Å². The van der Waals surface area contributed by atoms with Crippen molar-refractivity contribution in [1.29, 1.82) is 0 Å². The first-order chi connectivity index (χ1) is 13.9. The van der Waals surface area contributed by atoms with E-state index in [0.29, 0.717) is 27.9 Å². The number of thiazole rings is 1. The summed E-state index contributed by atoms with van der Waals surface area (Å²) in [6.07, 6.45) is 0.410. The van der Waals surface area contributed by atoms with E-state index in [1.807, 2.05) is 5.38 Å². The third kappa shape index (κ3) is 5.17. The maximum absolute atomic E-state index is 12.7. The van der Waals surface area contributed by atoms with Gasteiger partial charge in [-0.2, -0.15) is 0 Å². The van der Waals surface area contributed by atoms with Crippen LogP contribution in [0.4, 0.5) is 5.13 Å². The number of rotatable bonds is 7. The number of carbonyl (C=O) groups excluding carboxylic acids is 1. The van der Waals surface area contributed by atoms with Gasteiger partial charge >= 0.3 is 0 Å². The van der Waals surface area contributed by atoms with Gasteiger partial charge < -0.3 is 18.9 Å². The first-order valence-electron chi connectivity index (χ1n) is 9.37. The molecule has 1 aromatic carbocycles. The maximum atomic E-state index is 12.7. The topological polar surface area (TPSA) is 82.2 Å². The lowest BCUT2D eigenvalue weighted by Gasteiger charge is -2.34. The largest absolute Gasteiger partial charge is 0.493 e. The van der Waals surface area contributed by atoms with Crippen molar-refractivity contribution in [2.45, 2.75) is 32.6 Å². The van der Waals surface area contributed by atoms with Gasteiger partial charge in [0.05, 0.1) is 39.2 Å². The van der Waals surface area contributed by atoms with Crippen LogP contribution in [0.15, 0.2) is 17.5 Å². The lowest BCUT2D eigenvalue weighted by atomic mass is 10.1. The summed E-state index contributed by atoms with van der Waals surface area (Å²) in [5.74, 6) is 0.996. The molecule has 0 aliphatic carbocycles. The Morgan fingerprint density at radius 3 is 2.34 bits per heavy atom. The number of ether oxygens (including phenoxy) is 4. The molecule has 2 aromatic rings. The fourth-order valence-electron chi connectivity index (χ4n) is 3.46. The van der Waals surface area contributed by atoms with Crippen molar-refractivity contribution < 1.29 is 23.7 Å². The Hall–Kier alpha value is -2.36. The molecule has 2 atom stereocenters. The quantitative estimate of drug-likeness (QED) is 0.736. The van der Waals surface area contributed by atoms with Crippen LogP contribution in [0.2, 0.25) is 0 Å². The van der Waals surface area contributed by atoms with Crippen molar-refractivity contribution in [1.82, 2.24) is 9.88 Å². The second kappa shape index (κ2) is 9.43. The average molecular weight is 422 g/mol. The van der Waals surface area contributed by atoms with Crippen LogP contribution in [-0.4, -0.2) is 62.4 Å². The monoisotopic (exact) mass is 421 g/mol. The summed E-state index contributed by atoms with van der Waals surface area (Å²) in [5, 5.41) is 5.36. The van der Waals surface area contributed by atoms with Crippen molar-refractivity contribution in [2.75, 3.05) is 39.7 Å². The summed E-state index contributed by atoms with van der Waals surface area (Å²) in [4.78, 5) is 19.6. The summed E-state index contributed by atoms with van der Waals surface area (Å²) in [5.41, 5.74) is 1.32. The molecule has 0 saturated carbocycles. The lowest BCUT2D eigenvalue weighted by Crippen LogP contribution is -2.44. The van der Waals surface area contributed by atoms with E-state index in [4.69, 9.17) is 18.9 Å². The molecule has 158 valence electrons. The molecular formula is C20H27N3O5S. The smallest absolute Gasteiger partial charge is 0.257 e. The van der Waals surface area contributed by atoms with Crippen molar-refractivity contribution in [2.24, 2.45) is 0 Å². The van der Waals surface area contributed by atoms with Crippen LogP contribution in [-0.2, 0) is 11.3 Å². The zero-order valence-electron chi connectivity index (χ0n) is 17.4. The van der Waals surface area contributed by atoms with Gasteiger partial charge in [0.25, 0.3) is 5.91 Å². The summed E-state index contributed by atoms with van der Waals surface area (Å²) in [6, 6.07) is 3.23. The van der Waals surface area contributed by atoms with Crippen molar-refractivity contribution in [3.05, 3.63) is 28.8 Å². The lowest BCUT2D eigenvalue weighted by molar-refractivity contribution is -0.0707. The number of aromatic nitrogens is 1. The Morgan fingerprint density at radius 1 is 1.17 bits per heavy atom. The van der Waals surface area contributed by atoms with Crippen LogP contribution in [0.3, 0.4) is 0 Å². The van der Waals surface area contributed by atoms with Gasteiger partial charge in [-0.05, 0) is 26.0 Å². The van der Waals surface area contributed by atoms with Crippen molar-refractivity contribution >= 4 is 22.4 Å². The summed E-state index contributed by atoms with van der Waals surface area (Å²) < 4.78 is 21.7. The number of morpholine rings is 1. The Labute approximate surface area is 174 Å². The molecule has 8 nitrogen and oxygen atoms in total. The molecular weight excluding hydrogens is 394 g/mol. The number of methoxy groups -OCH3 is 3. The van der Waals surface area contributed by atoms with Crippen LogP contribution < -0.4 is 19.5 Å². The molecule has 1 aliphatic heterocycles. The SMILES string of the molecule is COc1cc(C(=O)Nc2nc(CN3CC(C)OC(C)C3)cs2)cc(OC)c1OC. The van der Waals surface area contributed by atoms with E-state index in [0.717, 1.165) is 25.3 Å². The molecule has 1 N–H and O–H groups in total. The molecule has 1 fully saturated rings. The number of hydrogen-bond donors (Lipinski definition) is 1. The predicted octanol–water partition coefficient (Wildman–Crippen LogP) is 3.03. The number of nitrogens with zero attached hydrogens (tertiary/aromatic N) is 2. The average Bonchev–Trinajstić information content (AvgIpc) is 3.12. The summed E-state index contributed by atoms with van der Waals surface area (Å²) >= 11 is 1.40. The standard InChI is InChI=1S/C20H27N3O5S/c1-12-8-23(9-13(2)28-12)10-15-11-29-20(21-15)22-19(24)14-6-16(25-3)18(27-5)17(7-14)26-4/h6-7,11-13H,8-10H2,1-5H3,(H,21,22,24). The molecule has 3 rings (SSSR count). The molecule has 29 heavy (non-hydrogen) atoms. The number of benzene rings is 1. The molecule has 9 heteroatoms. The summed E-state index contributed by atoms with van der Waals surface area (Å²) in [7, 11) is 4.55. The molecule has 1 saturated heterocycles. The third-order valence-electron chi connectivity index (χ3n) is 4.58. The van der Waals surface area contributed by atoms with E-state index in [2.05, 4.69) is 29.0 Å². The molecule has 0 bridgehead atoms. The van der Waals surface area contributed by atoms with Gasteiger partial charge in [0, 0.05) is 30.6 Å². The molecule has 1 aliphatic rings. The predicted molar refractivity (Wildman–Crippen MR) is 111 cm³/mol. The Balaban J connectivity index is 1.69.